The first-order valence-corrected chi connectivity index (χ1v) is 8.80. The Hall–Kier alpha value is -0.791. The van der Waals surface area contributed by atoms with Gasteiger partial charge in [0.1, 0.15) is 0 Å². The van der Waals surface area contributed by atoms with Crippen molar-refractivity contribution in [1.82, 2.24) is 0 Å². The first-order chi connectivity index (χ1) is 9.61. The number of carboxylic acids is 3. The Morgan fingerprint density at radius 3 is 1.19 bits per heavy atom. The van der Waals surface area contributed by atoms with Gasteiger partial charge < -0.3 is 29.7 Å². The zero-order chi connectivity index (χ0) is 17.7. The van der Waals surface area contributed by atoms with Gasteiger partial charge in [0.25, 0.3) is 0 Å². The molecule has 7 heteroatoms. The molecule has 0 fully saturated rings. The van der Waals surface area contributed by atoms with Crippen molar-refractivity contribution in [2.24, 2.45) is 0 Å². The van der Waals surface area contributed by atoms with E-state index in [9.17, 15) is 0 Å². The van der Waals surface area contributed by atoms with Crippen LogP contribution in [0.3, 0.4) is 0 Å². The molecule has 21 heavy (non-hydrogen) atoms. The number of aliphatic carboxylic acids is 3. The standard InChI is InChI=1S/C8H17.3C2H4O2.Sn/c1-3-5-7-8-6-4-2;3*1-2(3)4;/h1,3-8H2,2H3;3*1H3,(H,3,4);/q;;;;+3/p-3. The minimum absolute atomic E-state index is 0.972. The number of unbranched alkanes of at least 4 members (excludes halogenated alkanes) is 5. The van der Waals surface area contributed by atoms with Crippen LogP contribution >= 0.6 is 0 Å². The second-order valence-electron chi connectivity index (χ2n) is 3.99. The Morgan fingerprint density at radius 2 is 0.952 bits per heavy atom. The number of hydrogen-bond acceptors (Lipinski definition) is 6. The van der Waals surface area contributed by atoms with Gasteiger partial charge in [0.2, 0.25) is 0 Å². The van der Waals surface area contributed by atoms with Crippen molar-refractivity contribution in [3.63, 3.8) is 0 Å². The van der Waals surface area contributed by atoms with Crippen molar-refractivity contribution in [2.75, 3.05) is 0 Å². The van der Waals surface area contributed by atoms with Gasteiger partial charge in [-0.2, -0.15) is 0 Å². The zero-order valence-corrected chi connectivity index (χ0v) is 16.3. The van der Waals surface area contributed by atoms with Crippen LogP contribution in [0.25, 0.3) is 0 Å². The van der Waals surface area contributed by atoms with Crippen molar-refractivity contribution in [3.05, 3.63) is 0 Å². The molecular weight excluding hydrogens is 383 g/mol. The third-order valence-electron chi connectivity index (χ3n) is 1.53. The summed E-state index contributed by atoms with van der Waals surface area (Å²) in [6.45, 7) is 5.18. The van der Waals surface area contributed by atoms with Crippen LogP contribution in [-0.2, 0) is 14.4 Å². The molecule has 0 saturated carbocycles. The molecule has 0 radical (unpaired) electrons. The summed E-state index contributed by atoms with van der Waals surface area (Å²) in [5, 5.41) is 26.7. The molecule has 0 aromatic carbocycles. The van der Waals surface area contributed by atoms with E-state index in [0.717, 1.165) is 20.8 Å². The van der Waals surface area contributed by atoms with Gasteiger partial charge in [0.05, 0.1) is 0 Å². The van der Waals surface area contributed by atoms with Crippen LogP contribution in [0.1, 0.15) is 66.2 Å². The molecule has 0 aliphatic heterocycles. The average molecular weight is 409 g/mol. The third kappa shape index (κ3) is 210. The Balaban J connectivity index is -0.000000102. The molecule has 0 bridgehead atoms. The van der Waals surface area contributed by atoms with Gasteiger partial charge in [0, 0.05) is 17.9 Å². The van der Waals surface area contributed by atoms with E-state index in [-0.39, 0.29) is 0 Å². The number of rotatable bonds is 6. The molecule has 0 rings (SSSR count). The van der Waals surface area contributed by atoms with Crippen LogP contribution in [0.4, 0.5) is 0 Å². The molecule has 0 heterocycles. The van der Waals surface area contributed by atoms with E-state index in [1.165, 1.54) is 43.0 Å². The Bertz CT molecular complexity index is 197. The van der Waals surface area contributed by atoms with Gasteiger partial charge in [-0.1, -0.05) is 0 Å². The van der Waals surface area contributed by atoms with Crippen molar-refractivity contribution >= 4 is 40.4 Å². The Labute approximate surface area is 141 Å². The van der Waals surface area contributed by atoms with E-state index in [1.54, 1.807) is 22.5 Å². The number of carbonyl (C=O) groups excluding carboxylic acids is 3. The van der Waals surface area contributed by atoms with Crippen molar-refractivity contribution < 1.29 is 29.7 Å². The molecule has 0 N–H and O–H groups in total. The SMILES string of the molecule is CC(=O)[O-].CC(=O)[O-].CC(=O)[O-].CCCCCCC[CH2][Sn+3]. The van der Waals surface area contributed by atoms with Crippen LogP contribution in [0.5, 0.6) is 0 Å². The molecule has 0 aromatic heterocycles. The number of hydrogen-bond donors (Lipinski definition) is 0. The van der Waals surface area contributed by atoms with E-state index in [2.05, 4.69) is 6.92 Å². The van der Waals surface area contributed by atoms with E-state index in [1.807, 2.05) is 0 Å². The van der Waals surface area contributed by atoms with Crippen molar-refractivity contribution in [2.45, 2.75) is 70.7 Å². The topological polar surface area (TPSA) is 120 Å². The predicted molar refractivity (Wildman–Crippen MR) is 76.0 cm³/mol. The summed E-state index contributed by atoms with van der Waals surface area (Å²) >= 11 is 1.71. The summed E-state index contributed by atoms with van der Waals surface area (Å²) in [4.78, 5) is 26.7. The van der Waals surface area contributed by atoms with Crippen LogP contribution in [-0.4, -0.2) is 40.4 Å². The van der Waals surface area contributed by atoms with Gasteiger partial charge in [-0.15, -0.1) is 0 Å². The summed E-state index contributed by atoms with van der Waals surface area (Å²) in [5.74, 6) is -3.25. The molecule has 0 saturated heterocycles. The fourth-order valence-electron chi connectivity index (χ4n) is 0.905. The molecule has 122 valence electrons. The molecular formula is C14H26O6Sn. The monoisotopic (exact) mass is 410 g/mol. The van der Waals surface area contributed by atoms with Crippen LogP contribution in [0.2, 0.25) is 4.44 Å². The van der Waals surface area contributed by atoms with Crippen LogP contribution in [0.15, 0.2) is 0 Å². The molecule has 0 spiro atoms. The molecule has 0 aliphatic rings. The van der Waals surface area contributed by atoms with E-state index in [0.29, 0.717) is 0 Å². The van der Waals surface area contributed by atoms with Crippen molar-refractivity contribution in [3.8, 4) is 0 Å². The second kappa shape index (κ2) is 27.5. The minimum atomic E-state index is -1.08. The molecule has 0 aromatic rings. The average Bonchev–Trinajstić information content (AvgIpc) is 2.26. The van der Waals surface area contributed by atoms with Crippen LogP contribution < -0.4 is 15.3 Å². The predicted octanol–water partition coefficient (Wildman–Crippen LogP) is -0.798. The molecule has 0 amide bonds. The van der Waals surface area contributed by atoms with Gasteiger partial charge in [-0.3, -0.25) is 0 Å². The quantitative estimate of drug-likeness (QED) is 0.419. The Kier molecular flexibility index (Phi) is 37.2. The first-order valence-electron chi connectivity index (χ1n) is 6.79. The number of carbonyl (C=O) groups is 3. The second-order valence-corrected chi connectivity index (χ2v) is 5.42. The first kappa shape index (κ1) is 28.4. The van der Waals surface area contributed by atoms with Gasteiger partial charge in [-0.25, -0.2) is 0 Å². The van der Waals surface area contributed by atoms with E-state index < -0.39 is 17.9 Å². The fraction of sp³-hybridized carbons (Fsp3) is 0.786. The maximum absolute atomic E-state index is 8.89. The summed E-state index contributed by atoms with van der Waals surface area (Å²) in [6, 6.07) is 0. The van der Waals surface area contributed by atoms with E-state index >= 15 is 0 Å². The molecule has 0 unspecified atom stereocenters. The third-order valence-corrected chi connectivity index (χ3v) is 2.54. The number of carboxylic acid groups (broad SMARTS) is 3. The van der Waals surface area contributed by atoms with Gasteiger partial charge in [-0.05, 0) is 20.8 Å². The Morgan fingerprint density at radius 1 is 0.714 bits per heavy atom. The molecule has 0 atom stereocenters. The van der Waals surface area contributed by atoms with Crippen molar-refractivity contribution in [1.29, 1.82) is 0 Å². The van der Waals surface area contributed by atoms with Gasteiger partial charge >= 0.3 is 72.4 Å². The normalized spacial score (nSPS) is 7.90. The zero-order valence-electron chi connectivity index (χ0n) is 13.4. The maximum atomic E-state index is 8.89. The summed E-state index contributed by atoms with van der Waals surface area (Å²) in [5.41, 5.74) is 0. The summed E-state index contributed by atoms with van der Waals surface area (Å²) in [7, 11) is 0. The van der Waals surface area contributed by atoms with E-state index in [4.69, 9.17) is 29.7 Å². The summed E-state index contributed by atoms with van der Waals surface area (Å²) in [6.07, 6.45) is 8.71. The molecule has 6 nitrogen and oxygen atoms in total. The van der Waals surface area contributed by atoms with Gasteiger partial charge in [0.15, 0.2) is 0 Å². The molecule has 0 aliphatic carbocycles. The van der Waals surface area contributed by atoms with Crippen LogP contribution in [0, 0.1) is 0 Å². The fourth-order valence-corrected chi connectivity index (χ4v) is 1.62. The summed E-state index contributed by atoms with van der Waals surface area (Å²) < 4.78 is 1.46.